The van der Waals surface area contributed by atoms with Crippen molar-refractivity contribution >= 4 is 5.91 Å². The SMILES string of the molecule is CC/C=C\C/C=C\C/C=C\C/C=C\C/C=C\C/C=C\C/C=C\C/C=C\C/C=C\C/C=C\CCCCCCC(=O)NC(COC1OC(CO)C(OC2OC(CO)C(O)C(O)C2O)C(O)C1O)C(O)/C=C/CC/C=C/CCCCCCCCCCCCCCCCCCCCCCCCCCCC. The van der Waals surface area contributed by atoms with Crippen molar-refractivity contribution in [2.45, 2.75) is 376 Å². The number of aliphatic hydroxyl groups excluding tert-OH is 8. The molecule has 0 spiro atoms. The van der Waals surface area contributed by atoms with Crippen LogP contribution in [0, 0.1) is 0 Å². The van der Waals surface area contributed by atoms with Crippen LogP contribution in [0.1, 0.15) is 303 Å². The van der Waals surface area contributed by atoms with Crippen LogP contribution in [0.15, 0.2) is 146 Å². The second-order valence-corrected chi connectivity index (χ2v) is 27.8. The Morgan fingerprint density at radius 1 is 0.366 bits per heavy atom. The van der Waals surface area contributed by atoms with Gasteiger partial charge in [0.25, 0.3) is 0 Å². The van der Waals surface area contributed by atoms with Crippen molar-refractivity contribution in [2.75, 3.05) is 19.8 Å². The van der Waals surface area contributed by atoms with Crippen molar-refractivity contribution in [2.24, 2.45) is 0 Å². The molecule has 0 bridgehead atoms. The van der Waals surface area contributed by atoms with Gasteiger partial charge < -0.3 is 65.1 Å². The molecule has 0 aliphatic carbocycles. The van der Waals surface area contributed by atoms with Gasteiger partial charge in [0.2, 0.25) is 5.91 Å². The first kappa shape index (κ1) is 93.0. The second kappa shape index (κ2) is 68.9. The summed E-state index contributed by atoms with van der Waals surface area (Å²) in [6.45, 7) is 2.67. The van der Waals surface area contributed by atoms with E-state index in [0.29, 0.717) is 12.8 Å². The molecule has 2 saturated heterocycles. The predicted molar refractivity (Wildman–Crippen MR) is 419 cm³/mol. The summed E-state index contributed by atoms with van der Waals surface area (Å²) in [5.74, 6) is -0.277. The number of rotatable bonds is 66. The van der Waals surface area contributed by atoms with Crippen molar-refractivity contribution in [1.29, 1.82) is 0 Å². The van der Waals surface area contributed by atoms with Crippen LogP contribution in [0.3, 0.4) is 0 Å². The molecule has 9 N–H and O–H groups in total. The summed E-state index contributed by atoms with van der Waals surface area (Å²) in [6, 6.07) is -0.959. The van der Waals surface area contributed by atoms with Gasteiger partial charge in [0.1, 0.15) is 48.8 Å². The molecular weight excluding hydrogens is 1270 g/mol. The summed E-state index contributed by atoms with van der Waals surface area (Å²) < 4.78 is 22.9. The van der Waals surface area contributed by atoms with E-state index >= 15 is 0 Å². The van der Waals surface area contributed by atoms with Crippen molar-refractivity contribution in [1.82, 2.24) is 5.32 Å². The van der Waals surface area contributed by atoms with Gasteiger partial charge >= 0.3 is 0 Å². The van der Waals surface area contributed by atoms with Crippen LogP contribution in [0.25, 0.3) is 0 Å². The van der Waals surface area contributed by atoms with Gasteiger partial charge in [0.15, 0.2) is 12.6 Å². The molecule has 2 aliphatic rings. The standard InChI is InChI=1S/C87H147NO13/c1-3-5-7-9-11-13-15-17-19-21-23-25-27-29-31-33-35-37-38-39-41-43-45-47-49-51-53-55-57-59-61-63-65-67-69-71-79(92)88-75(74-98-86-84(97)82(95)85(78(73-90)100-86)101-87-83(96)81(94)80(93)77(72-89)99-87)76(91)70-68-66-64-62-60-58-56-54-52-50-48-46-44-42-40-36-34-32-30-28-26-24-22-20-18-16-14-12-10-8-6-4-2/h5,7,11,13,17,19,23,25,29,31,35,37,39,41,45,47,51,53,57,59-60,62,68,70,75-78,80-87,89-91,93-97H,3-4,6,8-10,12,14-16,18,20-22,24,26-28,30,32-34,36,38,40,42-44,46,48-50,52,54-56,58,61,63-67,69,71-74H2,1-2H3,(H,88,92)/b7-5-,13-11-,19-17-,25-23-,31-29-,37-35-,41-39-,47-45-,53-51-,59-57-,62-60+,70-68+. The summed E-state index contributed by atoms with van der Waals surface area (Å²) in [5, 5.41) is 87.6. The molecule has 2 fully saturated rings. The molecule has 1 amide bonds. The Labute approximate surface area is 614 Å². The van der Waals surface area contributed by atoms with Crippen LogP contribution >= 0.6 is 0 Å². The zero-order valence-corrected chi connectivity index (χ0v) is 63.3. The quantitative estimate of drug-likeness (QED) is 0.0204. The lowest BCUT2D eigenvalue weighted by Crippen LogP contribution is -2.65. The molecule has 578 valence electrons. The number of allylic oxidation sites excluding steroid dienone is 23. The molecule has 0 aromatic heterocycles. The molecule has 0 aromatic rings. The minimum atomic E-state index is -1.80. The number of hydrogen-bond donors (Lipinski definition) is 9. The Morgan fingerprint density at radius 3 is 1.09 bits per heavy atom. The average molecular weight is 1420 g/mol. The Hall–Kier alpha value is -4.13. The number of carbonyl (C=O) groups is 1. The third-order valence-electron chi connectivity index (χ3n) is 18.8. The fourth-order valence-corrected chi connectivity index (χ4v) is 12.4. The summed E-state index contributed by atoms with van der Waals surface area (Å²) in [7, 11) is 0. The zero-order valence-electron chi connectivity index (χ0n) is 63.3. The highest BCUT2D eigenvalue weighted by Crippen LogP contribution is 2.30. The smallest absolute Gasteiger partial charge is 0.220 e. The largest absolute Gasteiger partial charge is 0.394 e. The van der Waals surface area contributed by atoms with E-state index in [1.807, 2.05) is 6.08 Å². The van der Waals surface area contributed by atoms with Gasteiger partial charge in [-0.25, -0.2) is 0 Å². The lowest BCUT2D eigenvalue weighted by molar-refractivity contribution is -0.359. The fourth-order valence-electron chi connectivity index (χ4n) is 12.4. The van der Waals surface area contributed by atoms with Crippen LogP contribution in [0.4, 0.5) is 0 Å². The highest BCUT2D eigenvalue weighted by Gasteiger charge is 2.51. The third kappa shape index (κ3) is 51.7. The first-order chi connectivity index (χ1) is 49.6. The van der Waals surface area contributed by atoms with Crippen LogP contribution in [0.5, 0.6) is 0 Å². The van der Waals surface area contributed by atoms with E-state index in [1.165, 1.54) is 167 Å². The summed E-state index contributed by atoms with van der Waals surface area (Å²) >= 11 is 0. The topological polar surface area (TPSA) is 228 Å². The predicted octanol–water partition coefficient (Wildman–Crippen LogP) is 18.7. The minimum absolute atomic E-state index is 0.234. The van der Waals surface area contributed by atoms with E-state index in [2.05, 4.69) is 153 Å². The van der Waals surface area contributed by atoms with Gasteiger partial charge in [-0.3, -0.25) is 4.79 Å². The number of aliphatic hydroxyl groups is 8. The van der Waals surface area contributed by atoms with Crippen LogP contribution in [-0.4, -0.2) is 140 Å². The zero-order chi connectivity index (χ0) is 73.0. The summed E-state index contributed by atoms with van der Waals surface area (Å²) in [5.41, 5.74) is 0. The van der Waals surface area contributed by atoms with Crippen LogP contribution in [0.2, 0.25) is 0 Å². The lowest BCUT2D eigenvalue weighted by atomic mass is 9.97. The Bertz CT molecular complexity index is 2260. The molecule has 0 saturated carbocycles. The molecule has 14 nitrogen and oxygen atoms in total. The Morgan fingerprint density at radius 2 is 0.693 bits per heavy atom. The lowest BCUT2D eigenvalue weighted by Gasteiger charge is -2.46. The molecule has 14 heteroatoms. The number of ether oxygens (including phenoxy) is 4. The fraction of sp³-hybridized carbons (Fsp3) is 0.713. The molecule has 101 heavy (non-hydrogen) atoms. The van der Waals surface area contributed by atoms with Gasteiger partial charge in [-0.05, 0) is 109 Å². The number of nitrogens with one attached hydrogen (secondary N) is 1. The number of hydrogen-bond acceptors (Lipinski definition) is 13. The van der Waals surface area contributed by atoms with Gasteiger partial charge in [0.05, 0.1) is 32.0 Å². The van der Waals surface area contributed by atoms with Gasteiger partial charge in [0, 0.05) is 6.42 Å². The summed E-state index contributed by atoms with van der Waals surface area (Å²) in [6.07, 6.45) is 87.8. The van der Waals surface area contributed by atoms with Crippen LogP contribution in [-0.2, 0) is 23.7 Å². The average Bonchev–Trinajstić information content (AvgIpc) is 0.791. The first-order valence-electron chi connectivity index (χ1n) is 40.6. The highest BCUT2D eigenvalue weighted by atomic mass is 16.7. The maximum absolute atomic E-state index is 13.4. The van der Waals surface area contributed by atoms with E-state index in [1.54, 1.807) is 6.08 Å². The number of carbonyl (C=O) groups excluding carboxylic acids is 1. The molecule has 12 unspecified atom stereocenters. The molecule has 0 radical (unpaired) electrons. The molecule has 2 aliphatic heterocycles. The molecule has 2 heterocycles. The van der Waals surface area contributed by atoms with E-state index in [9.17, 15) is 45.6 Å². The summed E-state index contributed by atoms with van der Waals surface area (Å²) in [4.78, 5) is 13.4. The van der Waals surface area contributed by atoms with Crippen LogP contribution < -0.4 is 5.32 Å². The number of unbranched alkanes of at least 4 members (excludes halogenated alkanes) is 31. The second-order valence-electron chi connectivity index (χ2n) is 27.8. The van der Waals surface area contributed by atoms with Crippen molar-refractivity contribution in [3.8, 4) is 0 Å². The Balaban J connectivity index is 1.67. The van der Waals surface area contributed by atoms with Gasteiger partial charge in [-0.2, -0.15) is 0 Å². The molecular formula is C87H147NO13. The maximum Gasteiger partial charge on any atom is 0.220 e. The van der Waals surface area contributed by atoms with E-state index in [0.717, 1.165) is 103 Å². The van der Waals surface area contributed by atoms with Crippen molar-refractivity contribution in [3.63, 3.8) is 0 Å². The van der Waals surface area contributed by atoms with Crippen molar-refractivity contribution in [3.05, 3.63) is 146 Å². The van der Waals surface area contributed by atoms with E-state index < -0.39 is 86.8 Å². The Kier molecular flexibility index (Phi) is 63.5. The maximum atomic E-state index is 13.4. The minimum Gasteiger partial charge on any atom is -0.394 e. The third-order valence-corrected chi connectivity index (χ3v) is 18.8. The van der Waals surface area contributed by atoms with Crippen molar-refractivity contribution < 1.29 is 64.6 Å². The molecule has 12 atom stereocenters. The number of amides is 1. The molecule has 2 rings (SSSR count). The monoisotopic (exact) mass is 1410 g/mol. The normalized spacial score (nSPS) is 22.6. The van der Waals surface area contributed by atoms with E-state index in [4.69, 9.17) is 18.9 Å². The first-order valence-corrected chi connectivity index (χ1v) is 40.6. The van der Waals surface area contributed by atoms with Gasteiger partial charge in [-0.1, -0.05) is 333 Å². The highest BCUT2D eigenvalue weighted by molar-refractivity contribution is 5.76. The van der Waals surface area contributed by atoms with E-state index in [-0.39, 0.29) is 18.9 Å². The molecule has 0 aromatic carbocycles. The van der Waals surface area contributed by atoms with Gasteiger partial charge in [-0.15, -0.1) is 0 Å².